The van der Waals surface area contributed by atoms with Crippen LogP contribution in [0.1, 0.15) is 73.9 Å². The van der Waals surface area contributed by atoms with E-state index in [1.807, 2.05) is 32.0 Å². The van der Waals surface area contributed by atoms with Gasteiger partial charge in [0.15, 0.2) is 0 Å². The van der Waals surface area contributed by atoms with Gasteiger partial charge >= 0.3 is 5.97 Å². The molecule has 42 heavy (non-hydrogen) atoms. The molecule has 2 amide bonds. The summed E-state index contributed by atoms with van der Waals surface area (Å²) in [4.78, 5) is 42.8. The fourth-order valence-corrected chi connectivity index (χ4v) is 5.15. The largest absolute Gasteiger partial charge is 0.464 e. The molecule has 2 heterocycles. The van der Waals surface area contributed by atoms with Gasteiger partial charge in [0.05, 0.1) is 18.5 Å². The third-order valence-corrected chi connectivity index (χ3v) is 7.73. The Balaban J connectivity index is 1.34. The molecule has 0 unspecified atom stereocenters. The molecular weight excluding hydrogens is 538 g/mol. The molecule has 2 aliphatic carbocycles. The predicted octanol–water partition coefficient (Wildman–Crippen LogP) is 3.82. The Kier molecular flexibility index (Phi) is 9.06. The second-order valence-corrected chi connectivity index (χ2v) is 11.4. The number of aliphatic hydroxyl groups is 1. The quantitative estimate of drug-likeness (QED) is 0.245. The zero-order valence-corrected chi connectivity index (χ0v) is 24.3. The second kappa shape index (κ2) is 12.9. The van der Waals surface area contributed by atoms with E-state index in [1.54, 1.807) is 23.7 Å². The van der Waals surface area contributed by atoms with Crippen LogP contribution >= 0.6 is 0 Å². The van der Waals surface area contributed by atoms with Crippen molar-refractivity contribution < 1.29 is 28.6 Å². The normalized spacial score (nSPS) is 15.6. The molecule has 0 spiro atoms. The molecule has 0 bridgehead atoms. The molecule has 11 nitrogen and oxygen atoms in total. The van der Waals surface area contributed by atoms with Gasteiger partial charge < -0.3 is 24.9 Å². The number of ether oxygens (including phenoxy) is 1. The summed E-state index contributed by atoms with van der Waals surface area (Å²) >= 11 is 0. The van der Waals surface area contributed by atoms with Gasteiger partial charge in [0.25, 0.3) is 11.8 Å². The summed E-state index contributed by atoms with van der Waals surface area (Å²) in [6.07, 6.45) is 6.45. The van der Waals surface area contributed by atoms with Crippen LogP contribution in [0.2, 0.25) is 0 Å². The van der Waals surface area contributed by atoms with Gasteiger partial charge in [-0.2, -0.15) is 5.10 Å². The van der Waals surface area contributed by atoms with E-state index < -0.39 is 17.9 Å². The number of aryl methyl sites for hydroxylation is 1. The lowest BCUT2D eigenvalue weighted by molar-refractivity contribution is -0.146. The van der Waals surface area contributed by atoms with Gasteiger partial charge in [-0.3, -0.25) is 14.3 Å². The molecule has 1 aromatic carbocycles. The average molecular weight is 578 g/mol. The van der Waals surface area contributed by atoms with Gasteiger partial charge in [-0.05, 0) is 75.0 Å². The molecule has 11 heteroatoms. The Bertz CT molecular complexity index is 1410. The summed E-state index contributed by atoms with van der Waals surface area (Å²) in [6.45, 7) is 5.97. The highest BCUT2D eigenvalue weighted by molar-refractivity contribution is 5.95. The zero-order valence-electron chi connectivity index (χ0n) is 24.3. The Hall–Kier alpha value is -3.99. The lowest BCUT2D eigenvalue weighted by Gasteiger charge is -2.19. The van der Waals surface area contributed by atoms with Crippen molar-refractivity contribution in [1.29, 1.82) is 0 Å². The average Bonchev–Trinajstić information content (AvgIpc) is 3.91. The van der Waals surface area contributed by atoms with Gasteiger partial charge in [0, 0.05) is 30.3 Å². The van der Waals surface area contributed by atoms with Gasteiger partial charge in [-0.1, -0.05) is 26.0 Å². The molecule has 0 saturated heterocycles. The molecule has 3 N–H and O–H groups in total. The summed E-state index contributed by atoms with van der Waals surface area (Å²) < 4.78 is 12.5. The number of aromatic nitrogens is 3. The van der Waals surface area contributed by atoms with Gasteiger partial charge in [0.1, 0.15) is 11.7 Å². The van der Waals surface area contributed by atoms with E-state index in [0.29, 0.717) is 41.8 Å². The molecule has 0 radical (unpaired) electrons. The van der Waals surface area contributed by atoms with Crippen LogP contribution in [0.15, 0.2) is 40.9 Å². The first-order chi connectivity index (χ1) is 20.3. The summed E-state index contributed by atoms with van der Waals surface area (Å²) in [5, 5.41) is 20.1. The number of rotatable bonds is 14. The molecule has 2 aliphatic rings. The minimum atomic E-state index is -0.814. The van der Waals surface area contributed by atoms with Gasteiger partial charge in [-0.15, -0.1) is 0 Å². The van der Waals surface area contributed by atoms with Crippen LogP contribution in [0.4, 0.5) is 0 Å². The number of esters is 1. The third kappa shape index (κ3) is 6.89. The molecule has 2 saturated carbocycles. The monoisotopic (exact) mass is 577 g/mol. The first-order valence-corrected chi connectivity index (χ1v) is 14.8. The van der Waals surface area contributed by atoms with Crippen molar-refractivity contribution in [2.75, 3.05) is 13.2 Å². The highest BCUT2D eigenvalue weighted by Crippen LogP contribution is 2.44. The van der Waals surface area contributed by atoms with Crippen LogP contribution in [0.25, 0.3) is 22.7 Å². The number of nitrogens with one attached hydrogen (secondary N) is 2. The van der Waals surface area contributed by atoms with E-state index in [1.165, 1.54) is 6.20 Å². The van der Waals surface area contributed by atoms with Crippen LogP contribution in [-0.2, 0) is 16.1 Å². The van der Waals surface area contributed by atoms with Crippen LogP contribution < -0.4 is 10.6 Å². The van der Waals surface area contributed by atoms with E-state index in [2.05, 4.69) is 15.6 Å². The maximum atomic E-state index is 13.4. The fourth-order valence-electron chi connectivity index (χ4n) is 5.15. The first kappa shape index (κ1) is 29.5. The number of carbonyl (C=O) groups is 3. The number of aliphatic hydroxyl groups excluding tert-OH is 1. The third-order valence-electron chi connectivity index (χ3n) is 7.73. The number of hydrogen-bond donors (Lipinski definition) is 3. The number of oxazole rings is 1. The van der Waals surface area contributed by atoms with E-state index in [-0.39, 0.29) is 42.7 Å². The van der Waals surface area contributed by atoms with Crippen LogP contribution in [0.3, 0.4) is 0 Å². The predicted molar refractivity (Wildman–Crippen MR) is 154 cm³/mol. The van der Waals surface area contributed by atoms with Crippen molar-refractivity contribution in [2.45, 2.75) is 71.5 Å². The minimum absolute atomic E-state index is 0.00368. The summed E-state index contributed by atoms with van der Waals surface area (Å²) in [7, 11) is 0. The molecule has 1 atom stereocenters. The van der Waals surface area contributed by atoms with E-state index >= 15 is 0 Å². The van der Waals surface area contributed by atoms with Crippen molar-refractivity contribution in [3.63, 3.8) is 0 Å². The van der Waals surface area contributed by atoms with Crippen molar-refractivity contribution >= 4 is 17.8 Å². The fraction of sp³-hybridized carbons (Fsp3) is 0.516. The Morgan fingerprint density at radius 1 is 1.07 bits per heavy atom. The van der Waals surface area contributed by atoms with Crippen molar-refractivity contribution in [3.05, 3.63) is 48.0 Å². The van der Waals surface area contributed by atoms with Crippen LogP contribution in [-0.4, -0.2) is 63.0 Å². The van der Waals surface area contributed by atoms with Crippen molar-refractivity contribution in [2.24, 2.45) is 17.8 Å². The first-order valence-electron chi connectivity index (χ1n) is 14.8. The number of benzene rings is 1. The van der Waals surface area contributed by atoms with Crippen molar-refractivity contribution in [3.8, 4) is 22.7 Å². The Labute approximate surface area is 245 Å². The summed E-state index contributed by atoms with van der Waals surface area (Å²) in [6, 6.07) is 8.52. The maximum Gasteiger partial charge on any atom is 0.328 e. The summed E-state index contributed by atoms with van der Waals surface area (Å²) in [5.41, 5.74) is 2.44. The number of hydrogen-bond acceptors (Lipinski definition) is 8. The molecule has 5 rings (SSSR count). The zero-order chi connectivity index (χ0) is 29.8. The van der Waals surface area contributed by atoms with E-state index in [4.69, 9.17) is 14.3 Å². The Morgan fingerprint density at radius 3 is 2.43 bits per heavy atom. The second-order valence-electron chi connectivity index (χ2n) is 11.4. The maximum absolute atomic E-state index is 13.4. The summed E-state index contributed by atoms with van der Waals surface area (Å²) in [5.74, 6) is -0.0450. The molecule has 3 aromatic rings. The number of carbonyl (C=O) groups excluding carboxylic acids is 3. The molecule has 2 fully saturated rings. The van der Waals surface area contributed by atoms with Crippen LogP contribution in [0.5, 0.6) is 0 Å². The van der Waals surface area contributed by atoms with E-state index in [9.17, 15) is 19.5 Å². The van der Waals surface area contributed by atoms with E-state index in [0.717, 1.165) is 31.2 Å². The molecule has 224 valence electrons. The molecule has 0 aliphatic heterocycles. The standard InChI is InChI=1S/C31H39N5O6/c1-4-41-31(40)26(18(2)3)33-29(39)25-17-32-30(42-25)22-8-5-7-21(15-22)23-16-24(36(35-23)13-6-14-37)28(38)34-27(19-9-10-19)20-11-12-20/h5,7-8,15-20,26-27,37H,4,6,9-14H2,1-3H3,(H,33,39)(H,34,38)/t26-/m0/s1. The number of nitrogens with zero attached hydrogens (tertiary/aromatic N) is 3. The van der Waals surface area contributed by atoms with Crippen molar-refractivity contribution in [1.82, 2.24) is 25.4 Å². The SMILES string of the molecule is CCOC(=O)[C@@H](NC(=O)c1cnc(-c2cccc(-c3cc(C(=O)NC(C4CC4)C4CC4)n(CCCO)n3)c2)o1)C(C)C. The number of amides is 2. The highest BCUT2D eigenvalue weighted by Gasteiger charge is 2.42. The molecule has 2 aromatic heterocycles. The lowest BCUT2D eigenvalue weighted by Crippen LogP contribution is -2.45. The topological polar surface area (TPSA) is 149 Å². The Morgan fingerprint density at radius 2 is 1.79 bits per heavy atom. The lowest BCUT2D eigenvalue weighted by atomic mass is 10.0. The van der Waals surface area contributed by atoms with Crippen LogP contribution in [0, 0.1) is 17.8 Å². The minimum Gasteiger partial charge on any atom is -0.464 e. The molecular formula is C31H39N5O6. The highest BCUT2D eigenvalue weighted by atomic mass is 16.5. The van der Waals surface area contributed by atoms with Gasteiger partial charge in [0.2, 0.25) is 11.7 Å². The smallest absolute Gasteiger partial charge is 0.328 e. The van der Waals surface area contributed by atoms with Gasteiger partial charge in [-0.25, -0.2) is 9.78 Å².